The van der Waals surface area contributed by atoms with Crippen molar-refractivity contribution >= 4 is 23.8 Å². The number of allylic oxidation sites excluding steroid dienone is 1. The molecule has 0 bridgehead atoms. The summed E-state index contributed by atoms with van der Waals surface area (Å²) in [6, 6.07) is 7.20. The number of hydrogen-bond donors (Lipinski definition) is 1. The third-order valence-corrected chi connectivity index (χ3v) is 3.15. The first-order valence-corrected chi connectivity index (χ1v) is 6.58. The van der Waals surface area contributed by atoms with E-state index < -0.39 is 0 Å². The van der Waals surface area contributed by atoms with Gasteiger partial charge >= 0.3 is 0 Å². The van der Waals surface area contributed by atoms with E-state index in [-0.39, 0.29) is 6.10 Å². The summed E-state index contributed by atoms with van der Waals surface area (Å²) < 4.78 is 8.22. The minimum absolute atomic E-state index is 0.228. The van der Waals surface area contributed by atoms with Crippen molar-refractivity contribution in [1.29, 1.82) is 0 Å². The van der Waals surface area contributed by atoms with Crippen LogP contribution in [-0.4, -0.2) is 14.8 Å². The fourth-order valence-corrected chi connectivity index (χ4v) is 2.06. The Labute approximate surface area is 121 Å². The van der Waals surface area contributed by atoms with Crippen LogP contribution in [0.3, 0.4) is 0 Å². The van der Waals surface area contributed by atoms with Crippen molar-refractivity contribution < 1.29 is 4.74 Å². The van der Waals surface area contributed by atoms with Gasteiger partial charge in [0.1, 0.15) is 5.75 Å². The van der Waals surface area contributed by atoms with E-state index in [9.17, 15) is 0 Å². The van der Waals surface area contributed by atoms with Crippen LogP contribution in [0, 0.1) is 4.77 Å². The lowest BCUT2D eigenvalue weighted by Gasteiger charge is -2.14. The van der Waals surface area contributed by atoms with E-state index >= 15 is 0 Å². The lowest BCUT2D eigenvalue weighted by molar-refractivity contribution is 0.211. The Balaban J connectivity index is 2.20. The van der Waals surface area contributed by atoms with E-state index in [0.29, 0.717) is 16.3 Å². The summed E-state index contributed by atoms with van der Waals surface area (Å²) in [6.45, 7) is 6.22. The molecule has 1 N–H and O–H groups in total. The predicted octanol–water partition coefficient (Wildman–Crippen LogP) is 3.92. The molecule has 0 amide bonds. The van der Waals surface area contributed by atoms with Crippen molar-refractivity contribution in [1.82, 2.24) is 14.8 Å². The number of halogens is 1. The third-order valence-electron chi connectivity index (χ3n) is 2.59. The van der Waals surface area contributed by atoms with Gasteiger partial charge < -0.3 is 4.74 Å². The quantitative estimate of drug-likeness (QED) is 0.671. The summed E-state index contributed by atoms with van der Waals surface area (Å²) in [5.41, 5.74) is 0. The largest absolute Gasteiger partial charge is 0.483 e. The Kier molecular flexibility index (Phi) is 4.39. The lowest BCUT2D eigenvalue weighted by Crippen LogP contribution is -2.11. The van der Waals surface area contributed by atoms with E-state index in [0.717, 1.165) is 11.6 Å². The Bertz CT molecular complexity index is 618. The van der Waals surface area contributed by atoms with Gasteiger partial charge in [-0.25, -0.2) is 0 Å². The molecule has 4 nitrogen and oxygen atoms in total. The maximum atomic E-state index is 5.83. The molecular formula is C13H14ClN3OS. The first-order valence-electron chi connectivity index (χ1n) is 5.80. The lowest BCUT2D eigenvalue weighted by atomic mass is 10.3. The van der Waals surface area contributed by atoms with E-state index in [2.05, 4.69) is 16.8 Å². The van der Waals surface area contributed by atoms with Crippen molar-refractivity contribution in [3.63, 3.8) is 0 Å². The Hall–Kier alpha value is -1.59. The molecule has 0 saturated carbocycles. The topological polar surface area (TPSA) is 42.8 Å². The maximum absolute atomic E-state index is 5.83. The molecule has 1 aromatic carbocycles. The molecule has 100 valence electrons. The van der Waals surface area contributed by atoms with Gasteiger partial charge in [0.15, 0.2) is 16.7 Å². The minimum Gasteiger partial charge on any atom is -0.483 e. The summed E-state index contributed by atoms with van der Waals surface area (Å²) in [7, 11) is 0. The van der Waals surface area contributed by atoms with Crippen molar-refractivity contribution in [2.75, 3.05) is 0 Å². The SMILES string of the molecule is C=CCn1c(C(C)Oc2ccc(Cl)cc2)n[nH]c1=S. The average Bonchev–Trinajstić information content (AvgIpc) is 2.75. The molecular weight excluding hydrogens is 282 g/mol. The fraction of sp³-hybridized carbons (Fsp3) is 0.231. The van der Waals surface area contributed by atoms with Crippen molar-refractivity contribution in [3.05, 3.63) is 52.5 Å². The van der Waals surface area contributed by atoms with Gasteiger partial charge in [0.05, 0.1) is 0 Å². The first kappa shape index (κ1) is 13.8. The molecule has 1 unspecified atom stereocenters. The Morgan fingerprint density at radius 3 is 2.84 bits per heavy atom. The average molecular weight is 296 g/mol. The van der Waals surface area contributed by atoms with Crippen LogP contribution in [0.4, 0.5) is 0 Å². The molecule has 2 rings (SSSR count). The molecule has 0 fully saturated rings. The van der Waals surface area contributed by atoms with Crippen LogP contribution in [0.15, 0.2) is 36.9 Å². The Morgan fingerprint density at radius 1 is 1.53 bits per heavy atom. The molecule has 1 aromatic heterocycles. The molecule has 0 saturated heterocycles. The highest BCUT2D eigenvalue weighted by Crippen LogP contribution is 2.22. The van der Waals surface area contributed by atoms with Crippen LogP contribution in [0.25, 0.3) is 0 Å². The molecule has 0 aliphatic carbocycles. The number of benzene rings is 1. The number of hydrogen-bond acceptors (Lipinski definition) is 3. The zero-order valence-electron chi connectivity index (χ0n) is 10.5. The second-order valence-corrected chi connectivity index (χ2v) is 4.82. The van der Waals surface area contributed by atoms with Gasteiger partial charge in [-0.1, -0.05) is 17.7 Å². The highest BCUT2D eigenvalue weighted by molar-refractivity contribution is 7.71. The predicted molar refractivity (Wildman–Crippen MR) is 78.1 cm³/mol. The highest BCUT2D eigenvalue weighted by Gasteiger charge is 2.15. The zero-order valence-corrected chi connectivity index (χ0v) is 12.0. The smallest absolute Gasteiger partial charge is 0.195 e. The number of rotatable bonds is 5. The number of aromatic amines is 1. The van der Waals surface area contributed by atoms with Gasteiger partial charge in [-0.3, -0.25) is 9.67 Å². The van der Waals surface area contributed by atoms with E-state index in [4.69, 9.17) is 28.6 Å². The normalized spacial score (nSPS) is 12.1. The van der Waals surface area contributed by atoms with Gasteiger partial charge in [-0.05, 0) is 43.4 Å². The van der Waals surface area contributed by atoms with Crippen LogP contribution in [-0.2, 0) is 6.54 Å². The monoisotopic (exact) mass is 295 g/mol. The van der Waals surface area contributed by atoms with Gasteiger partial charge in [0, 0.05) is 11.6 Å². The highest BCUT2D eigenvalue weighted by atomic mass is 35.5. The van der Waals surface area contributed by atoms with Crippen LogP contribution in [0.1, 0.15) is 18.9 Å². The number of ether oxygens (including phenoxy) is 1. The standard InChI is InChI=1S/C13H14ClN3OS/c1-3-8-17-12(15-16-13(17)19)9(2)18-11-6-4-10(14)5-7-11/h3-7,9H,1,8H2,2H3,(H,16,19). The molecule has 0 spiro atoms. The minimum atomic E-state index is -0.228. The van der Waals surface area contributed by atoms with E-state index in [1.807, 2.05) is 23.6 Å². The second kappa shape index (κ2) is 6.04. The van der Waals surface area contributed by atoms with Crippen LogP contribution in [0.5, 0.6) is 5.75 Å². The third kappa shape index (κ3) is 3.24. The van der Waals surface area contributed by atoms with Gasteiger partial charge in [-0.15, -0.1) is 6.58 Å². The summed E-state index contributed by atoms with van der Waals surface area (Å²) in [4.78, 5) is 0. The molecule has 1 heterocycles. The van der Waals surface area contributed by atoms with Gasteiger partial charge in [0.25, 0.3) is 0 Å². The number of nitrogens with zero attached hydrogens (tertiary/aromatic N) is 2. The molecule has 0 aliphatic rings. The molecule has 19 heavy (non-hydrogen) atoms. The van der Waals surface area contributed by atoms with Gasteiger partial charge in [0.2, 0.25) is 0 Å². The van der Waals surface area contributed by atoms with Crippen LogP contribution >= 0.6 is 23.8 Å². The zero-order chi connectivity index (χ0) is 13.8. The summed E-state index contributed by atoms with van der Waals surface area (Å²) >= 11 is 11.0. The molecule has 1 atom stereocenters. The van der Waals surface area contributed by atoms with Crippen LogP contribution < -0.4 is 4.74 Å². The summed E-state index contributed by atoms with van der Waals surface area (Å²) in [6.07, 6.45) is 1.54. The Morgan fingerprint density at radius 2 is 2.21 bits per heavy atom. The summed E-state index contributed by atoms with van der Waals surface area (Å²) in [5.74, 6) is 1.47. The summed E-state index contributed by atoms with van der Waals surface area (Å²) in [5, 5.41) is 7.63. The molecule has 6 heteroatoms. The van der Waals surface area contributed by atoms with Crippen LogP contribution in [0.2, 0.25) is 5.02 Å². The number of nitrogens with one attached hydrogen (secondary N) is 1. The van der Waals surface area contributed by atoms with Crippen molar-refractivity contribution in [2.45, 2.75) is 19.6 Å². The molecule has 2 aromatic rings. The first-order chi connectivity index (χ1) is 9.11. The fourth-order valence-electron chi connectivity index (χ4n) is 1.72. The molecule has 0 radical (unpaired) electrons. The number of H-pyrrole nitrogens is 1. The van der Waals surface area contributed by atoms with Crippen molar-refractivity contribution in [3.8, 4) is 5.75 Å². The molecule has 0 aliphatic heterocycles. The van der Waals surface area contributed by atoms with Crippen molar-refractivity contribution in [2.24, 2.45) is 0 Å². The second-order valence-electron chi connectivity index (χ2n) is 4.00. The van der Waals surface area contributed by atoms with E-state index in [1.165, 1.54) is 0 Å². The van der Waals surface area contributed by atoms with Gasteiger partial charge in [-0.2, -0.15) is 5.10 Å². The maximum Gasteiger partial charge on any atom is 0.195 e. The van der Waals surface area contributed by atoms with E-state index in [1.54, 1.807) is 18.2 Å². The number of aromatic nitrogens is 3.